The Kier molecular flexibility index (Phi) is 6.30. The molecule has 0 bridgehead atoms. The molecule has 2 aromatic rings. The highest BCUT2D eigenvalue weighted by Gasteiger charge is 2.39. The summed E-state index contributed by atoms with van der Waals surface area (Å²) in [4.78, 5) is 15.6. The first-order chi connectivity index (χ1) is 13.7. The molecule has 6 nitrogen and oxygen atoms in total. The van der Waals surface area contributed by atoms with Gasteiger partial charge in [0.05, 0.1) is 21.4 Å². The van der Waals surface area contributed by atoms with Gasteiger partial charge in [-0.25, -0.2) is 4.68 Å². The van der Waals surface area contributed by atoms with Gasteiger partial charge in [0.15, 0.2) is 18.1 Å². The summed E-state index contributed by atoms with van der Waals surface area (Å²) in [6.07, 6.45) is -5.05. The predicted molar refractivity (Wildman–Crippen MR) is 107 cm³/mol. The van der Waals surface area contributed by atoms with E-state index in [-0.39, 0.29) is 5.69 Å². The van der Waals surface area contributed by atoms with Gasteiger partial charge in [-0.1, -0.05) is 23.2 Å². The number of carbonyl (C=O) groups is 1. The summed E-state index contributed by atoms with van der Waals surface area (Å²) in [6.45, 7) is 3.55. The van der Waals surface area contributed by atoms with E-state index in [0.717, 1.165) is 16.1 Å². The molecule has 1 aromatic carbocycles. The summed E-state index contributed by atoms with van der Waals surface area (Å²) < 4.78 is 40.3. The number of carbonyl (C=O) groups excluding carboxylic acids is 1. The van der Waals surface area contributed by atoms with E-state index in [1.54, 1.807) is 18.0 Å². The molecule has 11 heteroatoms. The van der Waals surface area contributed by atoms with Crippen LogP contribution < -0.4 is 10.2 Å². The van der Waals surface area contributed by atoms with E-state index in [1.807, 2.05) is 12.1 Å². The molecule has 29 heavy (non-hydrogen) atoms. The Labute approximate surface area is 176 Å². The topological polar surface area (TPSA) is 53.4 Å². The Morgan fingerprint density at radius 1 is 1.21 bits per heavy atom. The number of aromatic nitrogens is 2. The second kappa shape index (κ2) is 8.41. The van der Waals surface area contributed by atoms with Gasteiger partial charge in [0.25, 0.3) is 0 Å². The van der Waals surface area contributed by atoms with Crippen molar-refractivity contribution >= 4 is 40.9 Å². The molecular weight excluding hydrogens is 430 g/mol. The van der Waals surface area contributed by atoms with Crippen LogP contribution >= 0.6 is 23.2 Å². The molecule has 0 spiro atoms. The van der Waals surface area contributed by atoms with Gasteiger partial charge in [-0.2, -0.15) is 18.3 Å². The van der Waals surface area contributed by atoms with Gasteiger partial charge in [0, 0.05) is 38.9 Å². The van der Waals surface area contributed by atoms with Crippen LogP contribution in [0.1, 0.15) is 17.6 Å². The first-order valence-electron chi connectivity index (χ1n) is 8.90. The normalized spacial score (nSPS) is 16.7. The third-order valence-electron chi connectivity index (χ3n) is 4.99. The first kappa shape index (κ1) is 21.7. The molecule has 3 rings (SSSR count). The van der Waals surface area contributed by atoms with Crippen molar-refractivity contribution in [2.75, 3.05) is 43.4 Å². The minimum atomic E-state index is -4.68. The third kappa shape index (κ3) is 4.31. The largest absolute Gasteiger partial charge is 0.436 e. The molecule has 1 fully saturated rings. The van der Waals surface area contributed by atoms with Crippen molar-refractivity contribution in [1.82, 2.24) is 14.7 Å². The van der Waals surface area contributed by atoms with Crippen molar-refractivity contribution in [3.63, 3.8) is 0 Å². The van der Waals surface area contributed by atoms with Crippen LogP contribution in [0.3, 0.4) is 0 Å². The van der Waals surface area contributed by atoms with E-state index >= 15 is 0 Å². The molecule has 1 aromatic heterocycles. The van der Waals surface area contributed by atoms with Gasteiger partial charge in [-0.15, -0.1) is 0 Å². The van der Waals surface area contributed by atoms with Crippen molar-refractivity contribution in [3.05, 3.63) is 39.6 Å². The molecule has 0 amide bonds. The van der Waals surface area contributed by atoms with Gasteiger partial charge < -0.3 is 10.2 Å². The second-order valence-electron chi connectivity index (χ2n) is 6.68. The minimum Gasteiger partial charge on any atom is -0.387 e. The average Bonchev–Trinajstić information content (AvgIpc) is 2.99. The van der Waals surface area contributed by atoms with Crippen LogP contribution in [0, 0.1) is 6.92 Å². The molecule has 2 heterocycles. The molecule has 1 aliphatic heterocycles. The molecule has 0 saturated carbocycles. The molecule has 0 aliphatic carbocycles. The van der Waals surface area contributed by atoms with E-state index in [4.69, 9.17) is 23.2 Å². The van der Waals surface area contributed by atoms with Gasteiger partial charge in [0.2, 0.25) is 0 Å². The molecule has 1 unspecified atom stereocenters. The minimum absolute atomic E-state index is 0.106. The number of nitrogens with zero attached hydrogens (tertiary/aromatic N) is 4. The van der Waals surface area contributed by atoms with Crippen molar-refractivity contribution < 1.29 is 18.0 Å². The molecule has 1 N–H and O–H groups in total. The van der Waals surface area contributed by atoms with Crippen LogP contribution in [0.4, 0.5) is 24.5 Å². The highest BCUT2D eigenvalue weighted by atomic mass is 35.5. The van der Waals surface area contributed by atoms with E-state index < -0.39 is 23.1 Å². The maximum atomic E-state index is 13.1. The van der Waals surface area contributed by atoms with Crippen molar-refractivity contribution in [3.8, 4) is 0 Å². The monoisotopic (exact) mass is 449 g/mol. The number of alkyl halides is 3. The lowest BCUT2D eigenvalue weighted by atomic mass is 10.2. The van der Waals surface area contributed by atoms with Crippen LogP contribution in [-0.2, 0) is 11.0 Å². The summed E-state index contributed by atoms with van der Waals surface area (Å²) in [5.74, 6) is 0. The van der Waals surface area contributed by atoms with Crippen molar-refractivity contribution in [2.24, 2.45) is 0 Å². The third-order valence-corrected chi connectivity index (χ3v) is 5.77. The van der Waals surface area contributed by atoms with Crippen LogP contribution in [0.15, 0.2) is 18.2 Å². The summed E-state index contributed by atoms with van der Waals surface area (Å²) in [6, 6.07) is 5.64. The summed E-state index contributed by atoms with van der Waals surface area (Å²) in [5, 5.41) is 6.74. The summed E-state index contributed by atoms with van der Waals surface area (Å²) in [5.41, 5.74) is 0.704. The Morgan fingerprint density at radius 2 is 1.86 bits per heavy atom. The number of anilines is 2. The smallest absolute Gasteiger partial charge is 0.387 e. The summed E-state index contributed by atoms with van der Waals surface area (Å²) >= 11 is 11.9. The number of piperazine rings is 1. The van der Waals surface area contributed by atoms with Crippen molar-refractivity contribution in [1.29, 1.82) is 0 Å². The molecule has 0 radical (unpaired) electrons. The van der Waals surface area contributed by atoms with Crippen LogP contribution in [0.5, 0.6) is 0 Å². The van der Waals surface area contributed by atoms with Crippen LogP contribution in [0.25, 0.3) is 0 Å². The van der Waals surface area contributed by atoms with E-state index in [0.29, 0.717) is 37.5 Å². The highest BCUT2D eigenvalue weighted by Crippen LogP contribution is 2.36. The molecule has 1 saturated heterocycles. The standard InChI is InChI=1S/C18H20Cl2F3N5O/c1-11-16(20)17(18(21,22)23)25-28(11)15(10-29)27-7-5-26(6-8-27)12-3-4-13(19)14(9-12)24-2/h3-4,9-10,15,24H,5-8H2,1-2H3. The van der Waals surface area contributed by atoms with Gasteiger partial charge >= 0.3 is 6.18 Å². The van der Waals surface area contributed by atoms with E-state index in [2.05, 4.69) is 15.3 Å². The summed E-state index contributed by atoms with van der Waals surface area (Å²) in [7, 11) is 1.78. The lowest BCUT2D eigenvalue weighted by Gasteiger charge is -2.38. The van der Waals surface area contributed by atoms with E-state index in [9.17, 15) is 18.0 Å². The quantitative estimate of drug-likeness (QED) is 0.696. The number of halogens is 5. The maximum Gasteiger partial charge on any atom is 0.436 e. The maximum absolute atomic E-state index is 13.1. The number of hydrogen-bond donors (Lipinski definition) is 1. The Hall–Kier alpha value is -1.97. The SMILES string of the molecule is CNc1cc(N2CCN(C(C=O)n3nc(C(F)(F)F)c(Cl)c3C)CC2)ccc1Cl. The number of rotatable bonds is 5. The van der Waals surface area contributed by atoms with Gasteiger partial charge in [-0.3, -0.25) is 9.69 Å². The molecule has 158 valence electrons. The lowest BCUT2D eigenvalue weighted by molar-refractivity contribution is -0.142. The zero-order chi connectivity index (χ0) is 21.3. The second-order valence-corrected chi connectivity index (χ2v) is 7.46. The first-order valence-corrected chi connectivity index (χ1v) is 9.66. The van der Waals surface area contributed by atoms with Crippen LogP contribution in [-0.4, -0.2) is 54.2 Å². The zero-order valence-corrected chi connectivity index (χ0v) is 17.3. The zero-order valence-electron chi connectivity index (χ0n) is 15.8. The number of aldehydes is 1. The highest BCUT2D eigenvalue weighted by molar-refractivity contribution is 6.33. The fourth-order valence-corrected chi connectivity index (χ4v) is 3.83. The Morgan fingerprint density at radius 3 is 2.38 bits per heavy atom. The molecule has 1 atom stereocenters. The van der Waals surface area contributed by atoms with E-state index in [1.165, 1.54) is 6.92 Å². The lowest BCUT2D eigenvalue weighted by Crippen LogP contribution is -2.49. The molecule has 1 aliphatic rings. The number of nitrogens with one attached hydrogen (secondary N) is 1. The Balaban J connectivity index is 1.77. The van der Waals surface area contributed by atoms with Crippen LogP contribution in [0.2, 0.25) is 10.0 Å². The Bertz CT molecular complexity index is 894. The number of hydrogen-bond acceptors (Lipinski definition) is 5. The predicted octanol–water partition coefficient (Wildman–Crippen LogP) is 4.08. The molecular formula is C18H20Cl2F3N5O. The fraction of sp³-hybridized carbons (Fsp3) is 0.444. The van der Waals surface area contributed by atoms with Gasteiger partial charge in [0.1, 0.15) is 0 Å². The average molecular weight is 450 g/mol. The van der Waals surface area contributed by atoms with Crippen molar-refractivity contribution in [2.45, 2.75) is 19.3 Å². The fourth-order valence-electron chi connectivity index (χ4n) is 3.38. The number of benzene rings is 1. The van der Waals surface area contributed by atoms with Gasteiger partial charge in [-0.05, 0) is 25.1 Å².